The number of carbonyl (C=O) groups excluding carboxylic acids is 3. The highest BCUT2D eigenvalue weighted by Crippen LogP contribution is 2.39. The Bertz CT molecular complexity index is 1500. The van der Waals surface area contributed by atoms with Gasteiger partial charge >= 0.3 is 0 Å². The average molecular weight is 562 g/mol. The normalized spacial score (nSPS) is 14.7. The van der Waals surface area contributed by atoms with Crippen molar-refractivity contribution in [3.8, 4) is 17.6 Å². The lowest BCUT2D eigenvalue weighted by Gasteiger charge is -2.25. The first-order valence-corrected chi connectivity index (χ1v) is 13.2. The molecule has 1 heterocycles. The third-order valence-corrected chi connectivity index (χ3v) is 7.30. The van der Waals surface area contributed by atoms with E-state index in [-0.39, 0.29) is 29.4 Å². The molecule has 0 saturated carbocycles. The molecule has 39 heavy (non-hydrogen) atoms. The summed E-state index contributed by atoms with van der Waals surface area (Å²) in [5.41, 5.74) is 2.07. The molecular formula is C29H24ClN3O5S. The van der Waals surface area contributed by atoms with Gasteiger partial charge in [-0.05, 0) is 35.9 Å². The smallest absolute Gasteiger partial charge is 0.234 e. The quantitative estimate of drug-likeness (QED) is 0.340. The number of allylic oxidation sites excluding steroid dienone is 1. The van der Waals surface area contributed by atoms with E-state index in [1.54, 1.807) is 60.7 Å². The maximum Gasteiger partial charge on any atom is 0.234 e. The van der Waals surface area contributed by atoms with Gasteiger partial charge in [-0.15, -0.1) is 0 Å². The van der Waals surface area contributed by atoms with Gasteiger partial charge in [-0.2, -0.15) is 5.26 Å². The number of rotatable bonds is 9. The number of carbonyl (C=O) groups is 3. The van der Waals surface area contributed by atoms with Crippen LogP contribution in [0, 0.1) is 11.3 Å². The number of nitrogens with one attached hydrogen (secondary N) is 2. The van der Waals surface area contributed by atoms with E-state index in [1.165, 1.54) is 20.3 Å². The summed E-state index contributed by atoms with van der Waals surface area (Å²) in [6, 6.07) is 20.7. The molecular weight excluding hydrogens is 538 g/mol. The summed E-state index contributed by atoms with van der Waals surface area (Å²) in [6.45, 7) is 0. The molecule has 0 bridgehead atoms. The second-order valence-corrected chi connectivity index (χ2v) is 9.92. The largest absolute Gasteiger partial charge is 0.493 e. The van der Waals surface area contributed by atoms with Crippen LogP contribution in [0.4, 0.5) is 5.69 Å². The van der Waals surface area contributed by atoms with Gasteiger partial charge in [0.2, 0.25) is 11.8 Å². The van der Waals surface area contributed by atoms with E-state index in [2.05, 4.69) is 16.7 Å². The topological polar surface area (TPSA) is 118 Å². The van der Waals surface area contributed by atoms with Crippen molar-refractivity contribution in [3.63, 3.8) is 0 Å². The minimum Gasteiger partial charge on any atom is -0.493 e. The van der Waals surface area contributed by atoms with Crippen LogP contribution in [0.2, 0.25) is 5.02 Å². The maximum absolute atomic E-state index is 13.1. The van der Waals surface area contributed by atoms with Crippen LogP contribution in [-0.4, -0.2) is 37.6 Å². The molecule has 1 aliphatic heterocycles. The lowest BCUT2D eigenvalue weighted by molar-refractivity contribution is -0.121. The predicted molar refractivity (Wildman–Crippen MR) is 150 cm³/mol. The van der Waals surface area contributed by atoms with Gasteiger partial charge in [-0.3, -0.25) is 14.4 Å². The molecule has 198 valence electrons. The molecule has 0 spiro atoms. The zero-order valence-electron chi connectivity index (χ0n) is 21.1. The summed E-state index contributed by atoms with van der Waals surface area (Å²) in [6.07, 6.45) is 0.0738. The number of amides is 2. The number of nitriles is 1. The minimum atomic E-state index is -0.513. The summed E-state index contributed by atoms with van der Waals surface area (Å²) in [4.78, 5) is 38.5. The van der Waals surface area contributed by atoms with Crippen molar-refractivity contribution >= 4 is 46.6 Å². The SMILES string of the molecule is COc1ccc([C@@H]2CC(=O)NC(SCC(=O)Nc3ccc(Cl)cc3C(=O)c3ccccc3)=C2C#N)cc1OC. The Kier molecular flexibility index (Phi) is 8.92. The Morgan fingerprint density at radius 1 is 1.08 bits per heavy atom. The monoisotopic (exact) mass is 561 g/mol. The molecule has 10 heteroatoms. The van der Waals surface area contributed by atoms with E-state index >= 15 is 0 Å². The molecule has 0 fully saturated rings. The molecule has 8 nitrogen and oxygen atoms in total. The molecule has 0 unspecified atom stereocenters. The van der Waals surface area contributed by atoms with Crippen molar-refractivity contribution in [3.05, 3.63) is 99.0 Å². The number of benzene rings is 3. The first-order chi connectivity index (χ1) is 18.8. The van der Waals surface area contributed by atoms with E-state index in [1.807, 2.05) is 0 Å². The number of hydrogen-bond acceptors (Lipinski definition) is 7. The summed E-state index contributed by atoms with van der Waals surface area (Å²) in [7, 11) is 3.03. The average Bonchev–Trinajstić information content (AvgIpc) is 2.96. The zero-order chi connectivity index (χ0) is 27.9. The van der Waals surface area contributed by atoms with Crippen LogP contribution >= 0.6 is 23.4 Å². The Hall–Kier alpha value is -4.26. The minimum absolute atomic E-state index is 0.0738. The van der Waals surface area contributed by atoms with Crippen LogP contribution in [0.25, 0.3) is 0 Å². The van der Waals surface area contributed by atoms with Crippen molar-refractivity contribution in [2.75, 3.05) is 25.3 Å². The third-order valence-electron chi connectivity index (χ3n) is 6.05. The number of anilines is 1. The van der Waals surface area contributed by atoms with Gasteiger partial charge in [0.1, 0.15) is 0 Å². The summed E-state index contributed by atoms with van der Waals surface area (Å²) >= 11 is 7.17. The van der Waals surface area contributed by atoms with Gasteiger partial charge < -0.3 is 20.1 Å². The lowest BCUT2D eigenvalue weighted by Crippen LogP contribution is -2.31. The Labute approximate surface area is 234 Å². The van der Waals surface area contributed by atoms with Crippen molar-refractivity contribution in [1.29, 1.82) is 5.26 Å². The second kappa shape index (κ2) is 12.5. The molecule has 0 saturated heterocycles. The van der Waals surface area contributed by atoms with Crippen molar-refractivity contribution in [1.82, 2.24) is 5.32 Å². The first-order valence-electron chi connectivity index (χ1n) is 11.8. The molecule has 0 radical (unpaired) electrons. The molecule has 3 aromatic rings. The molecule has 2 N–H and O–H groups in total. The van der Waals surface area contributed by atoms with Crippen LogP contribution in [0.3, 0.4) is 0 Å². The van der Waals surface area contributed by atoms with Crippen LogP contribution in [-0.2, 0) is 9.59 Å². The van der Waals surface area contributed by atoms with E-state index in [9.17, 15) is 19.6 Å². The van der Waals surface area contributed by atoms with Crippen LogP contribution < -0.4 is 20.1 Å². The Morgan fingerprint density at radius 2 is 1.82 bits per heavy atom. The number of ketones is 1. The van der Waals surface area contributed by atoms with Gasteiger partial charge in [0.05, 0.1) is 42.3 Å². The van der Waals surface area contributed by atoms with Crippen molar-refractivity contribution < 1.29 is 23.9 Å². The number of halogens is 1. The second-order valence-electron chi connectivity index (χ2n) is 8.50. The molecule has 1 aliphatic rings. The van der Waals surface area contributed by atoms with E-state index in [0.717, 1.165) is 11.8 Å². The third kappa shape index (κ3) is 6.42. The fraction of sp³-hybridized carbons (Fsp3) is 0.172. The van der Waals surface area contributed by atoms with Gasteiger partial charge in [-0.25, -0.2) is 0 Å². The van der Waals surface area contributed by atoms with Gasteiger partial charge in [0.25, 0.3) is 0 Å². The molecule has 2 amide bonds. The maximum atomic E-state index is 13.1. The van der Waals surface area contributed by atoms with Gasteiger partial charge in [0.15, 0.2) is 17.3 Å². The van der Waals surface area contributed by atoms with Crippen LogP contribution in [0.1, 0.15) is 33.8 Å². The lowest BCUT2D eigenvalue weighted by atomic mass is 9.87. The molecule has 0 aromatic heterocycles. The highest BCUT2D eigenvalue weighted by molar-refractivity contribution is 8.03. The Balaban J connectivity index is 1.53. The summed E-state index contributed by atoms with van der Waals surface area (Å²) < 4.78 is 10.7. The molecule has 3 aromatic carbocycles. The van der Waals surface area contributed by atoms with E-state index < -0.39 is 11.8 Å². The molecule has 1 atom stereocenters. The van der Waals surface area contributed by atoms with Gasteiger partial charge in [0, 0.05) is 28.5 Å². The zero-order valence-corrected chi connectivity index (χ0v) is 22.7. The predicted octanol–water partition coefficient (Wildman–Crippen LogP) is 5.30. The number of methoxy groups -OCH3 is 2. The fourth-order valence-corrected chi connectivity index (χ4v) is 5.22. The number of thioether (sulfide) groups is 1. The highest BCUT2D eigenvalue weighted by Gasteiger charge is 2.30. The Morgan fingerprint density at radius 3 is 2.51 bits per heavy atom. The van der Waals surface area contributed by atoms with Gasteiger partial charge in [-0.1, -0.05) is 59.8 Å². The molecule has 0 aliphatic carbocycles. The summed E-state index contributed by atoms with van der Waals surface area (Å²) in [5, 5.41) is 16.1. The van der Waals surface area contributed by atoms with Crippen molar-refractivity contribution in [2.45, 2.75) is 12.3 Å². The van der Waals surface area contributed by atoms with E-state index in [0.29, 0.717) is 43.9 Å². The first kappa shape index (κ1) is 27.8. The highest BCUT2D eigenvalue weighted by atomic mass is 35.5. The number of nitrogens with zero attached hydrogens (tertiary/aromatic N) is 1. The number of ether oxygens (including phenoxy) is 2. The van der Waals surface area contributed by atoms with Crippen LogP contribution in [0.15, 0.2) is 77.3 Å². The molecule has 4 rings (SSSR count). The summed E-state index contributed by atoms with van der Waals surface area (Å²) in [5.74, 6) is -0.588. The van der Waals surface area contributed by atoms with E-state index in [4.69, 9.17) is 21.1 Å². The number of hydrogen-bond donors (Lipinski definition) is 2. The fourth-order valence-electron chi connectivity index (χ4n) is 4.17. The van der Waals surface area contributed by atoms with Crippen LogP contribution in [0.5, 0.6) is 11.5 Å². The van der Waals surface area contributed by atoms with Crippen molar-refractivity contribution in [2.24, 2.45) is 0 Å². The standard InChI is InChI=1S/C29H24ClN3O5S/c1-37-24-11-8-18(12-25(24)38-2)20-14-26(34)33-29(22(20)15-31)39-16-27(35)32-23-10-9-19(30)13-21(23)28(36)17-6-4-3-5-7-17/h3-13,20H,14,16H2,1-2H3,(H,32,35)(H,33,34)/t20-/m0/s1.